The molecule has 1 aromatic carbocycles. The fraction of sp³-hybridized carbons (Fsp3) is 0.250. The minimum atomic E-state index is -0.0564. The highest BCUT2D eigenvalue weighted by atomic mass is 35.5. The van der Waals surface area contributed by atoms with Crippen LogP contribution in [0.25, 0.3) is 10.9 Å². The summed E-state index contributed by atoms with van der Waals surface area (Å²) in [5, 5.41) is 1.47. The summed E-state index contributed by atoms with van der Waals surface area (Å²) in [7, 11) is 0. The molecule has 0 aliphatic carbocycles. The van der Waals surface area contributed by atoms with Crippen LogP contribution in [0, 0.1) is 6.92 Å². The molecule has 26 heavy (non-hydrogen) atoms. The van der Waals surface area contributed by atoms with Crippen molar-refractivity contribution in [2.75, 3.05) is 12.3 Å². The van der Waals surface area contributed by atoms with E-state index in [1.54, 1.807) is 12.3 Å². The normalized spacial score (nSPS) is 17.0. The third-order valence-corrected chi connectivity index (χ3v) is 5.18. The molecule has 6 heteroatoms. The summed E-state index contributed by atoms with van der Waals surface area (Å²) in [6.07, 6.45) is 3.60. The molecule has 1 aliphatic heterocycles. The second-order valence-electron chi connectivity index (χ2n) is 6.63. The van der Waals surface area contributed by atoms with E-state index in [2.05, 4.69) is 9.97 Å². The molecule has 1 atom stereocenters. The van der Waals surface area contributed by atoms with E-state index in [0.717, 1.165) is 41.4 Å². The van der Waals surface area contributed by atoms with Crippen molar-refractivity contribution >= 4 is 34.2 Å². The number of carbonyl (C=O) groups excluding carboxylic acids is 1. The summed E-state index contributed by atoms with van der Waals surface area (Å²) in [4.78, 5) is 23.8. The van der Waals surface area contributed by atoms with Gasteiger partial charge in [-0.05, 0) is 55.2 Å². The maximum atomic E-state index is 13.1. The number of fused-ring (bicyclic) bond motifs is 1. The van der Waals surface area contributed by atoms with Gasteiger partial charge in [-0.2, -0.15) is 0 Å². The SMILES string of the molecule is Cc1cnc(N)c2ccc(C(=O)N3CCC[C@H]3c3ccc(Cl)cc3)nc12. The van der Waals surface area contributed by atoms with Crippen LogP contribution in [0.1, 0.15) is 40.5 Å². The molecular weight excluding hydrogens is 348 g/mol. The summed E-state index contributed by atoms with van der Waals surface area (Å²) in [6, 6.07) is 11.3. The Kier molecular flexibility index (Phi) is 4.24. The number of carbonyl (C=O) groups is 1. The van der Waals surface area contributed by atoms with E-state index in [9.17, 15) is 4.79 Å². The number of halogens is 1. The fourth-order valence-electron chi connectivity index (χ4n) is 3.57. The van der Waals surface area contributed by atoms with Crippen molar-refractivity contribution in [3.8, 4) is 0 Å². The van der Waals surface area contributed by atoms with Crippen LogP contribution >= 0.6 is 11.6 Å². The number of nitrogen functional groups attached to an aromatic ring is 1. The van der Waals surface area contributed by atoms with Crippen LogP contribution < -0.4 is 5.73 Å². The Balaban J connectivity index is 1.69. The Labute approximate surface area is 156 Å². The Morgan fingerprint density at radius 3 is 2.77 bits per heavy atom. The topological polar surface area (TPSA) is 72.1 Å². The standard InChI is InChI=1S/C20H19ClN4O/c1-12-11-23-19(22)15-8-9-16(24-18(12)15)20(26)25-10-2-3-17(25)13-4-6-14(21)7-5-13/h4-9,11,17H,2-3,10H2,1H3,(H2,22,23)/t17-/m0/s1. The van der Waals surface area contributed by atoms with Gasteiger partial charge in [0.05, 0.1) is 11.6 Å². The van der Waals surface area contributed by atoms with Gasteiger partial charge in [0.15, 0.2) is 0 Å². The lowest BCUT2D eigenvalue weighted by atomic mass is 10.0. The van der Waals surface area contributed by atoms with Gasteiger partial charge in [-0.15, -0.1) is 0 Å². The molecule has 0 spiro atoms. The number of aromatic nitrogens is 2. The molecule has 132 valence electrons. The van der Waals surface area contributed by atoms with Crippen LogP contribution in [-0.2, 0) is 0 Å². The first-order chi connectivity index (χ1) is 12.5. The minimum Gasteiger partial charge on any atom is -0.383 e. The zero-order valence-electron chi connectivity index (χ0n) is 14.4. The smallest absolute Gasteiger partial charge is 0.272 e. The van der Waals surface area contributed by atoms with Crippen LogP contribution in [0.3, 0.4) is 0 Å². The number of hydrogen-bond donors (Lipinski definition) is 1. The number of pyridine rings is 2. The first kappa shape index (κ1) is 16.8. The number of hydrogen-bond acceptors (Lipinski definition) is 4. The molecule has 3 aromatic rings. The molecule has 2 N–H and O–H groups in total. The van der Waals surface area contributed by atoms with Gasteiger partial charge in [0, 0.05) is 23.2 Å². The Hall–Kier alpha value is -2.66. The predicted molar refractivity (Wildman–Crippen MR) is 103 cm³/mol. The van der Waals surface area contributed by atoms with Gasteiger partial charge in [-0.1, -0.05) is 23.7 Å². The molecule has 0 bridgehead atoms. The van der Waals surface area contributed by atoms with Crippen LogP contribution in [0.4, 0.5) is 5.82 Å². The van der Waals surface area contributed by atoms with Crippen molar-refractivity contribution in [3.05, 3.63) is 64.4 Å². The monoisotopic (exact) mass is 366 g/mol. The lowest BCUT2D eigenvalue weighted by molar-refractivity contribution is 0.0730. The molecule has 4 rings (SSSR count). The van der Waals surface area contributed by atoms with Crippen molar-refractivity contribution < 1.29 is 4.79 Å². The van der Waals surface area contributed by atoms with Crippen LogP contribution in [0.15, 0.2) is 42.6 Å². The highest BCUT2D eigenvalue weighted by Crippen LogP contribution is 2.33. The van der Waals surface area contributed by atoms with Crippen molar-refractivity contribution in [3.63, 3.8) is 0 Å². The molecular formula is C20H19ClN4O. The van der Waals surface area contributed by atoms with Gasteiger partial charge >= 0.3 is 0 Å². The van der Waals surface area contributed by atoms with Gasteiger partial charge in [-0.3, -0.25) is 4.79 Å². The molecule has 1 saturated heterocycles. The van der Waals surface area contributed by atoms with E-state index in [1.165, 1.54) is 0 Å². The van der Waals surface area contributed by atoms with E-state index in [0.29, 0.717) is 16.5 Å². The average Bonchev–Trinajstić information content (AvgIpc) is 3.14. The molecule has 0 saturated carbocycles. The van der Waals surface area contributed by atoms with Crippen LogP contribution in [0.5, 0.6) is 0 Å². The highest BCUT2D eigenvalue weighted by molar-refractivity contribution is 6.30. The zero-order chi connectivity index (χ0) is 18.3. The molecule has 0 unspecified atom stereocenters. The highest BCUT2D eigenvalue weighted by Gasteiger charge is 2.31. The van der Waals surface area contributed by atoms with E-state index < -0.39 is 0 Å². The quantitative estimate of drug-likeness (QED) is 0.739. The largest absolute Gasteiger partial charge is 0.383 e. The first-order valence-corrected chi connectivity index (χ1v) is 9.00. The molecule has 2 aromatic heterocycles. The second-order valence-corrected chi connectivity index (χ2v) is 7.06. The van der Waals surface area contributed by atoms with Gasteiger partial charge in [-0.25, -0.2) is 9.97 Å². The van der Waals surface area contributed by atoms with Crippen molar-refractivity contribution in [2.24, 2.45) is 0 Å². The third-order valence-electron chi connectivity index (χ3n) is 4.93. The number of aryl methyl sites for hydroxylation is 1. The Morgan fingerprint density at radius 1 is 1.23 bits per heavy atom. The number of likely N-dealkylation sites (tertiary alicyclic amines) is 1. The van der Waals surface area contributed by atoms with Gasteiger partial charge < -0.3 is 10.6 Å². The Bertz CT molecular complexity index is 987. The lowest BCUT2D eigenvalue weighted by Gasteiger charge is -2.25. The average molecular weight is 367 g/mol. The molecule has 1 aliphatic rings. The van der Waals surface area contributed by atoms with Crippen LogP contribution in [-0.4, -0.2) is 27.3 Å². The van der Waals surface area contributed by atoms with E-state index in [1.807, 2.05) is 42.2 Å². The van der Waals surface area contributed by atoms with Crippen molar-refractivity contribution in [1.82, 2.24) is 14.9 Å². The molecule has 0 radical (unpaired) electrons. The van der Waals surface area contributed by atoms with Crippen LogP contribution in [0.2, 0.25) is 5.02 Å². The fourth-order valence-corrected chi connectivity index (χ4v) is 3.70. The maximum Gasteiger partial charge on any atom is 0.272 e. The Morgan fingerprint density at radius 2 is 2.00 bits per heavy atom. The molecule has 5 nitrogen and oxygen atoms in total. The number of nitrogens with two attached hydrogens (primary N) is 1. The summed E-state index contributed by atoms with van der Waals surface area (Å²) >= 11 is 5.99. The second kappa shape index (κ2) is 6.57. The minimum absolute atomic E-state index is 0.0564. The van der Waals surface area contributed by atoms with Gasteiger partial charge in [0.25, 0.3) is 5.91 Å². The molecule has 1 amide bonds. The number of rotatable bonds is 2. The third kappa shape index (κ3) is 2.88. The first-order valence-electron chi connectivity index (χ1n) is 8.63. The van der Waals surface area contributed by atoms with E-state index >= 15 is 0 Å². The van der Waals surface area contributed by atoms with Gasteiger partial charge in [0.1, 0.15) is 11.5 Å². The van der Waals surface area contributed by atoms with E-state index in [-0.39, 0.29) is 11.9 Å². The molecule has 3 heterocycles. The number of anilines is 1. The lowest BCUT2D eigenvalue weighted by Crippen LogP contribution is -2.31. The summed E-state index contributed by atoms with van der Waals surface area (Å²) in [5.41, 5.74) is 9.10. The summed E-state index contributed by atoms with van der Waals surface area (Å²) in [5.74, 6) is 0.372. The van der Waals surface area contributed by atoms with Crippen molar-refractivity contribution in [1.29, 1.82) is 0 Å². The number of nitrogens with zero attached hydrogens (tertiary/aromatic N) is 3. The predicted octanol–water partition coefficient (Wildman–Crippen LogP) is 4.15. The summed E-state index contributed by atoms with van der Waals surface area (Å²) < 4.78 is 0. The van der Waals surface area contributed by atoms with E-state index in [4.69, 9.17) is 17.3 Å². The zero-order valence-corrected chi connectivity index (χ0v) is 15.2. The number of benzene rings is 1. The maximum absolute atomic E-state index is 13.1. The van der Waals surface area contributed by atoms with Crippen molar-refractivity contribution in [2.45, 2.75) is 25.8 Å². The number of amides is 1. The summed E-state index contributed by atoms with van der Waals surface area (Å²) in [6.45, 7) is 2.64. The van der Waals surface area contributed by atoms with Gasteiger partial charge in [0.2, 0.25) is 0 Å². The molecule has 1 fully saturated rings.